The van der Waals surface area contributed by atoms with Gasteiger partial charge < -0.3 is 5.32 Å². The van der Waals surface area contributed by atoms with E-state index in [1.54, 1.807) is 0 Å². The zero-order chi connectivity index (χ0) is 13.1. The summed E-state index contributed by atoms with van der Waals surface area (Å²) in [5.74, 6) is 0.705. The van der Waals surface area contributed by atoms with Crippen LogP contribution in [-0.2, 0) is 13.5 Å². The van der Waals surface area contributed by atoms with E-state index in [1.807, 2.05) is 17.9 Å². The molecule has 2 unspecified atom stereocenters. The Hall–Kier alpha value is -0.830. The van der Waals surface area contributed by atoms with Crippen LogP contribution in [-0.4, -0.2) is 22.9 Å². The Bertz CT molecular complexity index is 335. The van der Waals surface area contributed by atoms with Crippen molar-refractivity contribution in [1.29, 1.82) is 0 Å². The van der Waals surface area contributed by atoms with Crippen LogP contribution in [0.25, 0.3) is 0 Å². The van der Waals surface area contributed by atoms with E-state index in [4.69, 9.17) is 0 Å². The molecule has 1 rings (SSSR count). The molecule has 0 aliphatic carbocycles. The molecule has 17 heavy (non-hydrogen) atoms. The van der Waals surface area contributed by atoms with Crippen LogP contribution >= 0.6 is 0 Å². The van der Waals surface area contributed by atoms with Crippen LogP contribution in [0.3, 0.4) is 0 Å². The predicted molar refractivity (Wildman–Crippen MR) is 73.0 cm³/mol. The van der Waals surface area contributed by atoms with Crippen LogP contribution in [0.1, 0.15) is 39.7 Å². The fraction of sp³-hybridized carbons (Fsp3) is 0.786. The first-order valence-corrected chi connectivity index (χ1v) is 6.47. The fourth-order valence-electron chi connectivity index (χ4n) is 1.95. The van der Waals surface area contributed by atoms with Crippen molar-refractivity contribution in [2.24, 2.45) is 18.4 Å². The fourth-order valence-corrected chi connectivity index (χ4v) is 1.95. The maximum atomic E-state index is 4.22. The second-order valence-corrected chi connectivity index (χ2v) is 6.21. The number of hydrogen-bond donors (Lipinski definition) is 1. The summed E-state index contributed by atoms with van der Waals surface area (Å²) >= 11 is 0. The summed E-state index contributed by atoms with van der Waals surface area (Å²) in [5, 5.41) is 7.65. The van der Waals surface area contributed by atoms with Gasteiger partial charge in [-0.3, -0.25) is 4.68 Å². The van der Waals surface area contributed by atoms with Crippen molar-refractivity contribution in [2.75, 3.05) is 7.05 Å². The molecule has 1 heterocycles. The Morgan fingerprint density at radius 2 is 2.06 bits per heavy atom. The van der Waals surface area contributed by atoms with Crippen LogP contribution in [0.5, 0.6) is 0 Å². The maximum absolute atomic E-state index is 4.22. The van der Waals surface area contributed by atoms with Crippen molar-refractivity contribution in [3.05, 3.63) is 18.0 Å². The molecular weight excluding hydrogens is 210 g/mol. The van der Waals surface area contributed by atoms with Gasteiger partial charge in [-0.1, -0.05) is 27.7 Å². The Balaban J connectivity index is 2.55. The van der Waals surface area contributed by atoms with Gasteiger partial charge >= 0.3 is 0 Å². The van der Waals surface area contributed by atoms with E-state index in [2.05, 4.69) is 51.4 Å². The second-order valence-electron chi connectivity index (χ2n) is 6.21. The van der Waals surface area contributed by atoms with E-state index in [1.165, 1.54) is 12.0 Å². The van der Waals surface area contributed by atoms with E-state index < -0.39 is 0 Å². The minimum atomic E-state index is 0.379. The number of aromatic nitrogens is 2. The van der Waals surface area contributed by atoms with Gasteiger partial charge in [0.2, 0.25) is 0 Å². The molecule has 1 aromatic heterocycles. The lowest BCUT2D eigenvalue weighted by atomic mass is 9.78. The monoisotopic (exact) mass is 237 g/mol. The molecule has 1 aromatic rings. The molecule has 0 aliphatic heterocycles. The molecule has 0 fully saturated rings. The first kappa shape index (κ1) is 14.2. The molecule has 0 spiro atoms. The highest BCUT2D eigenvalue weighted by Gasteiger charge is 2.23. The molecule has 0 aromatic carbocycles. The minimum Gasteiger partial charge on any atom is -0.317 e. The SMILES string of the molecule is CNC(Cc1cnn(C)c1)CC(C)C(C)(C)C. The van der Waals surface area contributed by atoms with Gasteiger partial charge in [0.15, 0.2) is 0 Å². The lowest BCUT2D eigenvalue weighted by Crippen LogP contribution is -2.32. The lowest BCUT2D eigenvalue weighted by Gasteiger charge is -2.30. The van der Waals surface area contributed by atoms with Crippen LogP contribution < -0.4 is 5.32 Å². The van der Waals surface area contributed by atoms with Gasteiger partial charge in [-0.15, -0.1) is 0 Å². The summed E-state index contributed by atoms with van der Waals surface area (Å²) in [6.07, 6.45) is 6.33. The van der Waals surface area contributed by atoms with Gasteiger partial charge in [0, 0.05) is 19.3 Å². The molecular formula is C14H27N3. The Morgan fingerprint density at radius 1 is 1.41 bits per heavy atom. The molecule has 0 amide bonds. The van der Waals surface area contributed by atoms with Gasteiger partial charge in [-0.2, -0.15) is 5.10 Å². The number of hydrogen-bond acceptors (Lipinski definition) is 2. The number of rotatable bonds is 5. The Morgan fingerprint density at radius 3 is 2.47 bits per heavy atom. The topological polar surface area (TPSA) is 29.9 Å². The maximum Gasteiger partial charge on any atom is 0.0522 e. The highest BCUT2D eigenvalue weighted by molar-refractivity contribution is 5.06. The van der Waals surface area contributed by atoms with E-state index in [0.29, 0.717) is 17.4 Å². The molecule has 2 atom stereocenters. The van der Waals surface area contributed by atoms with E-state index in [9.17, 15) is 0 Å². The highest BCUT2D eigenvalue weighted by Crippen LogP contribution is 2.29. The number of nitrogens with one attached hydrogen (secondary N) is 1. The summed E-state index contributed by atoms with van der Waals surface area (Å²) in [5.41, 5.74) is 1.69. The summed E-state index contributed by atoms with van der Waals surface area (Å²) in [6.45, 7) is 9.28. The van der Waals surface area contributed by atoms with Crippen molar-refractivity contribution < 1.29 is 0 Å². The molecule has 0 aliphatic rings. The van der Waals surface area contributed by atoms with Crippen molar-refractivity contribution in [2.45, 2.75) is 46.6 Å². The van der Waals surface area contributed by atoms with Crippen molar-refractivity contribution in [3.8, 4) is 0 Å². The quantitative estimate of drug-likeness (QED) is 0.853. The molecule has 0 radical (unpaired) electrons. The molecule has 0 bridgehead atoms. The largest absolute Gasteiger partial charge is 0.317 e. The van der Waals surface area contributed by atoms with Crippen LogP contribution in [0, 0.1) is 11.3 Å². The Kier molecular flexibility index (Phi) is 4.75. The molecule has 98 valence electrons. The summed E-state index contributed by atoms with van der Waals surface area (Å²) in [4.78, 5) is 0. The summed E-state index contributed by atoms with van der Waals surface area (Å²) in [7, 11) is 4.02. The van der Waals surface area contributed by atoms with Crippen LogP contribution in [0.4, 0.5) is 0 Å². The van der Waals surface area contributed by atoms with Crippen molar-refractivity contribution in [1.82, 2.24) is 15.1 Å². The van der Waals surface area contributed by atoms with Gasteiger partial charge in [0.05, 0.1) is 6.20 Å². The smallest absolute Gasteiger partial charge is 0.0522 e. The zero-order valence-electron chi connectivity index (χ0n) is 12.1. The molecule has 0 saturated carbocycles. The third-order valence-electron chi connectivity index (χ3n) is 3.77. The first-order chi connectivity index (χ1) is 7.82. The number of nitrogens with zero attached hydrogens (tertiary/aromatic N) is 2. The molecule has 0 saturated heterocycles. The first-order valence-electron chi connectivity index (χ1n) is 6.47. The third kappa shape index (κ3) is 4.50. The molecule has 3 nitrogen and oxygen atoms in total. The number of aryl methyl sites for hydroxylation is 1. The van der Waals surface area contributed by atoms with Gasteiger partial charge in [0.25, 0.3) is 0 Å². The average molecular weight is 237 g/mol. The lowest BCUT2D eigenvalue weighted by molar-refractivity contribution is 0.225. The minimum absolute atomic E-state index is 0.379. The average Bonchev–Trinajstić information content (AvgIpc) is 2.61. The third-order valence-corrected chi connectivity index (χ3v) is 3.77. The number of likely N-dealkylation sites (N-methyl/N-ethyl adjacent to an activating group) is 1. The normalized spacial score (nSPS) is 15.9. The molecule has 1 N–H and O–H groups in total. The summed E-state index contributed by atoms with van der Waals surface area (Å²) < 4.78 is 1.87. The van der Waals surface area contributed by atoms with E-state index in [0.717, 1.165) is 6.42 Å². The Labute approximate surface area is 106 Å². The van der Waals surface area contributed by atoms with Gasteiger partial charge in [-0.05, 0) is 36.8 Å². The van der Waals surface area contributed by atoms with E-state index in [-0.39, 0.29) is 0 Å². The van der Waals surface area contributed by atoms with E-state index >= 15 is 0 Å². The predicted octanol–water partition coefficient (Wildman–Crippen LogP) is 2.62. The highest BCUT2D eigenvalue weighted by atomic mass is 15.2. The summed E-state index contributed by atoms with van der Waals surface area (Å²) in [6, 6.07) is 0.536. The van der Waals surface area contributed by atoms with Crippen LogP contribution in [0.2, 0.25) is 0 Å². The standard InChI is InChI=1S/C14H27N3/c1-11(14(2,3)4)7-13(15-5)8-12-9-16-17(6)10-12/h9-11,13,15H,7-8H2,1-6H3. The second kappa shape index (κ2) is 5.67. The van der Waals surface area contributed by atoms with Crippen LogP contribution in [0.15, 0.2) is 12.4 Å². The van der Waals surface area contributed by atoms with Crippen molar-refractivity contribution in [3.63, 3.8) is 0 Å². The van der Waals surface area contributed by atoms with Gasteiger partial charge in [0.1, 0.15) is 0 Å². The zero-order valence-corrected chi connectivity index (χ0v) is 12.1. The van der Waals surface area contributed by atoms with Crippen molar-refractivity contribution >= 4 is 0 Å². The van der Waals surface area contributed by atoms with Gasteiger partial charge in [-0.25, -0.2) is 0 Å². The molecule has 3 heteroatoms.